The Bertz CT molecular complexity index is 1170. The first-order valence-electron chi connectivity index (χ1n) is 7.92. The summed E-state index contributed by atoms with van der Waals surface area (Å²) in [7, 11) is -4.01. The van der Waals surface area contributed by atoms with E-state index in [2.05, 4.69) is 26.1 Å². The molecule has 142 valence electrons. The molecule has 0 amide bonds. The van der Waals surface area contributed by atoms with Crippen molar-refractivity contribution < 1.29 is 18.1 Å². The Labute approximate surface area is 168 Å². The van der Waals surface area contributed by atoms with E-state index < -0.39 is 10.1 Å². The van der Waals surface area contributed by atoms with Crippen molar-refractivity contribution in [3.05, 3.63) is 57.3 Å². The van der Waals surface area contributed by atoms with Crippen molar-refractivity contribution in [2.75, 3.05) is 5.75 Å². The van der Waals surface area contributed by atoms with Crippen molar-refractivity contribution in [2.45, 2.75) is 13.0 Å². The van der Waals surface area contributed by atoms with Crippen LogP contribution in [0.1, 0.15) is 12.0 Å². The summed E-state index contributed by atoms with van der Waals surface area (Å²) in [5.41, 5.74) is 1.43. The Morgan fingerprint density at radius 3 is 2.78 bits per heavy atom. The highest BCUT2D eigenvalue weighted by molar-refractivity contribution is 9.10. The number of nitrogens with zero attached hydrogens (tertiary/aromatic N) is 3. The average molecular weight is 470 g/mol. The van der Waals surface area contributed by atoms with Gasteiger partial charge in [0, 0.05) is 16.6 Å². The number of benzene rings is 2. The van der Waals surface area contributed by atoms with E-state index in [-0.39, 0.29) is 17.9 Å². The quantitative estimate of drug-likeness (QED) is 0.327. The van der Waals surface area contributed by atoms with Crippen molar-refractivity contribution >= 4 is 53.8 Å². The van der Waals surface area contributed by atoms with E-state index in [9.17, 15) is 13.5 Å². The lowest BCUT2D eigenvalue weighted by Crippen LogP contribution is -2.17. The van der Waals surface area contributed by atoms with Crippen LogP contribution in [0, 0.1) is 0 Å². The van der Waals surface area contributed by atoms with Gasteiger partial charge in [-0.2, -0.15) is 13.5 Å². The Hall–Kier alpha value is -2.01. The Balaban J connectivity index is 1.95. The van der Waals surface area contributed by atoms with Crippen LogP contribution in [0.5, 0.6) is 5.75 Å². The molecule has 27 heavy (non-hydrogen) atoms. The van der Waals surface area contributed by atoms with Gasteiger partial charge in [0.1, 0.15) is 5.75 Å². The lowest BCUT2D eigenvalue weighted by atomic mass is 10.2. The van der Waals surface area contributed by atoms with Gasteiger partial charge in [-0.1, -0.05) is 39.4 Å². The molecule has 7 nitrogen and oxygen atoms in total. The summed E-state index contributed by atoms with van der Waals surface area (Å²) in [6.07, 6.45) is 1.70. The normalized spacial score (nSPS) is 13.0. The largest absolute Gasteiger partial charge is 0.507 e. The molecule has 0 spiro atoms. The molecule has 0 aliphatic heterocycles. The average Bonchev–Trinajstić information content (AvgIpc) is 2.95. The molecule has 0 aliphatic carbocycles. The molecule has 0 atom stereocenters. The van der Waals surface area contributed by atoms with E-state index in [1.807, 2.05) is 28.8 Å². The molecular weight excluding hydrogens is 454 g/mol. The molecule has 0 radical (unpaired) electrons. The van der Waals surface area contributed by atoms with E-state index in [0.717, 1.165) is 14.7 Å². The summed E-state index contributed by atoms with van der Waals surface area (Å²) in [5.74, 6) is -0.228. The van der Waals surface area contributed by atoms with Gasteiger partial charge in [0.2, 0.25) is 4.80 Å². The first-order chi connectivity index (χ1) is 12.8. The summed E-state index contributed by atoms with van der Waals surface area (Å²) < 4.78 is 34.5. The van der Waals surface area contributed by atoms with Gasteiger partial charge >= 0.3 is 0 Å². The van der Waals surface area contributed by atoms with Crippen LogP contribution < -0.4 is 4.80 Å². The fourth-order valence-electron chi connectivity index (χ4n) is 2.49. The van der Waals surface area contributed by atoms with Gasteiger partial charge in [-0.05, 0) is 36.8 Å². The maximum absolute atomic E-state index is 11.0. The number of halogens is 1. The number of hydrogen-bond donors (Lipinski definition) is 2. The van der Waals surface area contributed by atoms with E-state index in [1.165, 1.54) is 17.6 Å². The maximum atomic E-state index is 11.0. The van der Waals surface area contributed by atoms with Crippen molar-refractivity contribution in [3.8, 4) is 5.75 Å². The minimum Gasteiger partial charge on any atom is -0.507 e. The zero-order chi connectivity index (χ0) is 19.4. The fourth-order valence-corrected chi connectivity index (χ4v) is 4.37. The molecule has 0 unspecified atom stereocenters. The smallest absolute Gasteiger partial charge is 0.264 e. The van der Waals surface area contributed by atoms with E-state index in [0.29, 0.717) is 16.9 Å². The molecule has 3 rings (SSSR count). The summed E-state index contributed by atoms with van der Waals surface area (Å²) in [6.45, 7) is 0.375. The molecule has 10 heteroatoms. The number of rotatable bonds is 6. The molecular formula is C17H16BrN3O4S2. The predicted molar refractivity (Wildman–Crippen MR) is 110 cm³/mol. The Kier molecular flexibility index (Phi) is 6.10. The van der Waals surface area contributed by atoms with Gasteiger partial charge in [0.05, 0.1) is 22.2 Å². The first kappa shape index (κ1) is 19.7. The number of phenols is 1. The number of aryl methyl sites for hydroxylation is 1. The first-order valence-corrected chi connectivity index (χ1v) is 11.1. The molecule has 0 bridgehead atoms. The van der Waals surface area contributed by atoms with Crippen LogP contribution >= 0.6 is 27.3 Å². The number of phenolic OH excluding ortho intramolecular Hbond substituents is 1. The zero-order valence-electron chi connectivity index (χ0n) is 14.0. The van der Waals surface area contributed by atoms with Crippen molar-refractivity contribution in [1.29, 1.82) is 0 Å². The van der Waals surface area contributed by atoms with Crippen LogP contribution in [-0.2, 0) is 16.7 Å². The van der Waals surface area contributed by atoms with Gasteiger partial charge in [0.15, 0.2) is 0 Å². The lowest BCUT2D eigenvalue weighted by Gasteiger charge is -2.03. The van der Waals surface area contributed by atoms with Gasteiger partial charge in [-0.15, -0.1) is 5.10 Å². The van der Waals surface area contributed by atoms with E-state index in [4.69, 9.17) is 4.55 Å². The lowest BCUT2D eigenvalue weighted by molar-refractivity contribution is 0.474. The molecule has 0 saturated carbocycles. The monoisotopic (exact) mass is 469 g/mol. The third-order valence-electron chi connectivity index (χ3n) is 3.70. The van der Waals surface area contributed by atoms with Crippen LogP contribution in [-0.4, -0.2) is 34.6 Å². The van der Waals surface area contributed by atoms with Crippen molar-refractivity contribution in [3.63, 3.8) is 0 Å². The van der Waals surface area contributed by atoms with Crippen LogP contribution in [0.15, 0.2) is 57.1 Å². The highest BCUT2D eigenvalue weighted by atomic mass is 79.9. The van der Waals surface area contributed by atoms with E-state index in [1.54, 1.807) is 18.2 Å². The van der Waals surface area contributed by atoms with E-state index >= 15 is 0 Å². The van der Waals surface area contributed by atoms with Crippen LogP contribution in [0.4, 0.5) is 0 Å². The van der Waals surface area contributed by atoms with Gasteiger partial charge in [0.25, 0.3) is 10.1 Å². The molecule has 1 heterocycles. The highest BCUT2D eigenvalue weighted by Crippen LogP contribution is 2.20. The SMILES string of the molecule is O=S(=O)(O)CCCn1c(=NN=Cc2cc(Br)ccc2O)sc2ccccc21. The van der Waals surface area contributed by atoms with Crippen molar-refractivity contribution in [1.82, 2.24) is 4.57 Å². The number of hydrogen-bond acceptors (Lipinski definition) is 6. The topological polar surface area (TPSA) is 104 Å². The number of fused-ring (bicyclic) bond motifs is 1. The predicted octanol–water partition coefficient (Wildman–Crippen LogP) is 3.38. The molecule has 0 aliphatic rings. The summed E-state index contributed by atoms with van der Waals surface area (Å²) in [4.78, 5) is 0.595. The third-order valence-corrected chi connectivity index (χ3v) is 6.05. The summed E-state index contributed by atoms with van der Waals surface area (Å²) >= 11 is 4.76. The fraction of sp³-hybridized carbons (Fsp3) is 0.176. The Morgan fingerprint density at radius 2 is 2.00 bits per heavy atom. The number of aromatic hydroxyl groups is 1. The zero-order valence-corrected chi connectivity index (χ0v) is 17.2. The maximum Gasteiger partial charge on any atom is 0.264 e. The molecule has 1 aromatic heterocycles. The minimum absolute atomic E-state index is 0.0921. The number of aromatic nitrogens is 1. The molecule has 0 fully saturated rings. The minimum atomic E-state index is -4.01. The van der Waals surface area contributed by atoms with Gasteiger partial charge in [-0.3, -0.25) is 4.55 Å². The second-order valence-corrected chi connectivity index (χ2v) is 9.19. The van der Waals surface area contributed by atoms with Crippen molar-refractivity contribution in [2.24, 2.45) is 10.2 Å². The molecule has 2 aromatic carbocycles. The number of para-hydroxylation sites is 1. The highest BCUT2D eigenvalue weighted by Gasteiger charge is 2.08. The van der Waals surface area contributed by atoms with Gasteiger partial charge < -0.3 is 9.67 Å². The van der Waals surface area contributed by atoms with Crippen LogP contribution in [0.3, 0.4) is 0 Å². The summed E-state index contributed by atoms with van der Waals surface area (Å²) in [6, 6.07) is 12.7. The Morgan fingerprint density at radius 1 is 1.22 bits per heavy atom. The molecule has 2 N–H and O–H groups in total. The second-order valence-electron chi connectivity index (χ2n) is 5.69. The summed E-state index contributed by atoms with van der Waals surface area (Å²) in [5, 5.41) is 18.2. The standard InChI is InChI=1S/C17H16BrN3O4S2/c18-13-6-7-15(22)12(10-13)11-19-20-17-21(8-3-9-27(23,24)25)14-4-1-2-5-16(14)26-17/h1-2,4-7,10-11,22H,3,8-9H2,(H,23,24,25). The van der Waals surface area contributed by atoms with Crippen LogP contribution in [0.25, 0.3) is 10.2 Å². The molecule has 3 aromatic rings. The second kappa shape index (κ2) is 8.34. The molecule has 0 saturated heterocycles. The number of thiazole rings is 1. The third kappa shape index (κ3) is 5.25. The van der Waals surface area contributed by atoms with Gasteiger partial charge in [-0.25, -0.2) is 0 Å². The van der Waals surface area contributed by atoms with Crippen LogP contribution in [0.2, 0.25) is 0 Å².